The van der Waals surface area contributed by atoms with Crippen molar-refractivity contribution in [3.8, 4) is 0 Å². The fraction of sp³-hybridized carbons (Fsp3) is 0.682. The van der Waals surface area contributed by atoms with Gasteiger partial charge in [0.2, 0.25) is 0 Å². The summed E-state index contributed by atoms with van der Waals surface area (Å²) in [6.07, 6.45) is 3.78. The Balaban J connectivity index is 0.00000243. The van der Waals surface area contributed by atoms with Crippen molar-refractivity contribution in [1.82, 2.24) is 4.90 Å². The zero-order valence-corrected chi connectivity index (χ0v) is 16.0. The number of rotatable bonds is 6. The Morgan fingerprint density at radius 1 is 1.12 bits per heavy atom. The molecule has 2 heterocycles. The number of cyclic esters (lactones) is 1. The van der Waals surface area contributed by atoms with Crippen molar-refractivity contribution in [3.63, 3.8) is 0 Å². The first-order valence-corrected chi connectivity index (χ1v) is 9.82. The fourth-order valence-corrected chi connectivity index (χ4v) is 4.28. The highest BCUT2D eigenvalue weighted by Gasteiger charge is 2.46. The second kappa shape index (κ2) is 8.90. The van der Waals surface area contributed by atoms with Crippen LogP contribution in [-0.4, -0.2) is 49.7 Å². The Morgan fingerprint density at radius 2 is 1.77 bits per heavy atom. The van der Waals surface area contributed by atoms with Gasteiger partial charge in [0.25, 0.3) is 0 Å². The van der Waals surface area contributed by atoms with Gasteiger partial charge in [0, 0.05) is 44.8 Å². The number of esters is 1. The number of hydrogen-bond donors (Lipinski definition) is 0. The summed E-state index contributed by atoms with van der Waals surface area (Å²) >= 11 is 0. The van der Waals surface area contributed by atoms with Crippen LogP contribution in [0.2, 0.25) is 0 Å². The van der Waals surface area contributed by atoms with Crippen molar-refractivity contribution < 1.29 is 9.53 Å². The highest BCUT2D eigenvalue weighted by atomic mass is 16.6. The van der Waals surface area contributed by atoms with Gasteiger partial charge in [-0.1, -0.05) is 39.5 Å². The van der Waals surface area contributed by atoms with Crippen LogP contribution in [0.4, 0.5) is 5.69 Å². The lowest BCUT2D eigenvalue weighted by molar-refractivity contribution is -0.149. The number of benzene rings is 1. The minimum absolute atomic E-state index is 0. The van der Waals surface area contributed by atoms with Crippen molar-refractivity contribution in [2.75, 3.05) is 37.6 Å². The molecule has 2 aliphatic heterocycles. The van der Waals surface area contributed by atoms with Gasteiger partial charge in [-0.25, -0.2) is 0 Å². The highest BCUT2D eigenvalue weighted by Crippen LogP contribution is 2.41. The third-order valence-corrected chi connectivity index (χ3v) is 6.27. The molecule has 4 heteroatoms. The first-order chi connectivity index (χ1) is 12.1. The summed E-state index contributed by atoms with van der Waals surface area (Å²) in [5.74, 6) is 0.0341. The van der Waals surface area contributed by atoms with Crippen LogP contribution in [0.1, 0.15) is 52.5 Å². The molecule has 0 aromatic heterocycles. The van der Waals surface area contributed by atoms with E-state index in [9.17, 15) is 4.79 Å². The number of anilines is 1. The Morgan fingerprint density at radius 3 is 2.35 bits per heavy atom. The largest absolute Gasteiger partial charge is 0.462 e. The maximum absolute atomic E-state index is 12.2. The average molecular weight is 361 g/mol. The second-order valence-electron chi connectivity index (χ2n) is 7.62. The quantitative estimate of drug-likeness (QED) is 0.710. The van der Waals surface area contributed by atoms with Gasteiger partial charge in [0.15, 0.2) is 0 Å². The van der Waals surface area contributed by atoms with Gasteiger partial charge < -0.3 is 9.64 Å². The van der Waals surface area contributed by atoms with Crippen molar-refractivity contribution >= 4 is 11.7 Å². The number of carbonyl (C=O) groups is 1. The van der Waals surface area contributed by atoms with E-state index in [0.717, 1.165) is 58.4 Å². The Labute approximate surface area is 159 Å². The second-order valence-corrected chi connectivity index (χ2v) is 7.62. The molecule has 1 unspecified atom stereocenters. The number of aryl methyl sites for hydroxylation is 1. The molecular weight excluding hydrogens is 324 g/mol. The van der Waals surface area contributed by atoms with Crippen molar-refractivity contribution in [2.45, 2.75) is 60.0 Å². The summed E-state index contributed by atoms with van der Waals surface area (Å²) in [5, 5.41) is 0. The molecule has 2 saturated heterocycles. The summed E-state index contributed by atoms with van der Waals surface area (Å²) in [5.41, 5.74) is 2.50. The topological polar surface area (TPSA) is 32.8 Å². The molecule has 0 N–H and O–H groups in total. The summed E-state index contributed by atoms with van der Waals surface area (Å²) in [7, 11) is 0. The van der Waals surface area contributed by atoms with Crippen LogP contribution in [0.3, 0.4) is 0 Å². The number of nitrogens with zero attached hydrogens (tertiary/aromatic N) is 2. The number of hydrogen-bond acceptors (Lipinski definition) is 4. The molecule has 0 aliphatic carbocycles. The van der Waals surface area contributed by atoms with E-state index in [1.54, 1.807) is 0 Å². The molecule has 1 atom stereocenters. The molecule has 0 radical (unpaired) electrons. The molecule has 1 aromatic carbocycles. The van der Waals surface area contributed by atoms with Gasteiger partial charge in [0.05, 0.1) is 5.41 Å². The zero-order chi connectivity index (χ0) is 17.9. The summed E-state index contributed by atoms with van der Waals surface area (Å²) in [6.45, 7) is 11.7. The molecule has 0 bridgehead atoms. The maximum atomic E-state index is 12.2. The number of piperazine rings is 1. The molecular formula is C22H36N2O2. The predicted molar refractivity (Wildman–Crippen MR) is 109 cm³/mol. The normalized spacial score (nSPS) is 22.8. The zero-order valence-electron chi connectivity index (χ0n) is 16.0. The van der Waals surface area contributed by atoms with Crippen molar-refractivity contribution in [2.24, 2.45) is 5.41 Å². The minimum Gasteiger partial charge on any atom is -0.462 e. The van der Waals surface area contributed by atoms with Gasteiger partial charge >= 0.3 is 5.97 Å². The van der Waals surface area contributed by atoms with Crippen LogP contribution < -0.4 is 4.90 Å². The first-order valence-electron chi connectivity index (χ1n) is 9.82. The highest BCUT2D eigenvalue weighted by molar-refractivity contribution is 5.78. The minimum atomic E-state index is -0.214. The third kappa shape index (κ3) is 4.22. The Kier molecular flexibility index (Phi) is 7.10. The number of ether oxygens (including phenoxy) is 1. The van der Waals surface area contributed by atoms with E-state index >= 15 is 0 Å². The first kappa shape index (κ1) is 20.8. The Bertz CT molecular complexity index is 590. The Hall–Kier alpha value is -1.55. The summed E-state index contributed by atoms with van der Waals surface area (Å²) in [4.78, 5) is 17.2. The van der Waals surface area contributed by atoms with Crippen LogP contribution in [-0.2, 0) is 9.53 Å². The molecule has 4 nitrogen and oxygen atoms in total. The fourth-order valence-electron chi connectivity index (χ4n) is 4.28. The smallest absolute Gasteiger partial charge is 0.312 e. The van der Waals surface area contributed by atoms with E-state index in [1.165, 1.54) is 11.3 Å². The molecule has 2 fully saturated rings. The maximum Gasteiger partial charge on any atom is 0.312 e. The predicted octanol–water partition coefficient (Wildman–Crippen LogP) is 4.27. The van der Waals surface area contributed by atoms with Gasteiger partial charge in [-0.15, -0.1) is 0 Å². The third-order valence-electron chi connectivity index (χ3n) is 6.27. The molecule has 146 valence electrons. The molecule has 1 aromatic rings. The van der Waals surface area contributed by atoms with E-state index in [1.807, 2.05) is 0 Å². The standard InChI is InChI=1S/C21H32N2O2.CH4/c1-4-21(5-2)16-18(25-20(21)24)10-11-22-12-14-23(15-13-22)19-9-7-6-8-17(19)3;/h6-9,18H,4-5,10-16H2,1-3H3;1H4. The van der Waals surface area contributed by atoms with Crippen LogP contribution in [0.25, 0.3) is 0 Å². The van der Waals surface area contributed by atoms with Gasteiger partial charge in [0.1, 0.15) is 6.10 Å². The van der Waals surface area contributed by atoms with Gasteiger partial charge in [-0.3, -0.25) is 9.69 Å². The molecule has 3 rings (SSSR count). The van der Waals surface area contributed by atoms with Gasteiger partial charge in [-0.2, -0.15) is 0 Å². The SMILES string of the molecule is C.CCC1(CC)CC(CCN2CCN(c3ccccc3C)CC2)OC1=O. The number of carbonyl (C=O) groups excluding carboxylic acids is 1. The lowest BCUT2D eigenvalue weighted by Crippen LogP contribution is -2.47. The molecule has 26 heavy (non-hydrogen) atoms. The average Bonchev–Trinajstić information content (AvgIpc) is 2.97. The van der Waals surface area contributed by atoms with Crippen LogP contribution >= 0.6 is 0 Å². The number of para-hydroxylation sites is 1. The van der Waals surface area contributed by atoms with Crippen LogP contribution in [0.5, 0.6) is 0 Å². The van der Waals surface area contributed by atoms with Crippen molar-refractivity contribution in [3.05, 3.63) is 29.8 Å². The van der Waals surface area contributed by atoms with Gasteiger partial charge in [-0.05, 0) is 37.8 Å². The van der Waals surface area contributed by atoms with E-state index in [4.69, 9.17) is 4.74 Å². The van der Waals surface area contributed by atoms with E-state index in [2.05, 4.69) is 54.8 Å². The van der Waals surface area contributed by atoms with E-state index in [-0.39, 0.29) is 24.9 Å². The molecule has 0 amide bonds. The molecule has 0 saturated carbocycles. The molecule has 0 spiro atoms. The van der Waals surface area contributed by atoms with E-state index < -0.39 is 0 Å². The summed E-state index contributed by atoms with van der Waals surface area (Å²) in [6, 6.07) is 8.63. The van der Waals surface area contributed by atoms with Crippen molar-refractivity contribution in [1.29, 1.82) is 0 Å². The molecule has 2 aliphatic rings. The van der Waals surface area contributed by atoms with Crippen LogP contribution in [0.15, 0.2) is 24.3 Å². The van der Waals surface area contributed by atoms with E-state index in [0.29, 0.717) is 0 Å². The lowest BCUT2D eigenvalue weighted by atomic mass is 9.79. The monoisotopic (exact) mass is 360 g/mol. The lowest BCUT2D eigenvalue weighted by Gasteiger charge is -2.37. The van der Waals surface area contributed by atoms with Crippen LogP contribution in [0, 0.1) is 12.3 Å². The summed E-state index contributed by atoms with van der Waals surface area (Å²) < 4.78 is 5.68.